The average Bonchev–Trinajstić information content (AvgIpc) is 2.47. The number of aromatic amines is 1. The van der Waals surface area contributed by atoms with Gasteiger partial charge in [-0.3, -0.25) is 0 Å². The molecule has 1 aromatic heterocycles. The van der Waals surface area contributed by atoms with Gasteiger partial charge in [-0.15, -0.1) is 0 Å². The van der Waals surface area contributed by atoms with Crippen LogP contribution in [0.15, 0.2) is 6.20 Å². The lowest BCUT2D eigenvalue weighted by atomic mass is 9.94. The number of nitrogens with one attached hydrogen (secondary N) is 1. The number of aliphatic hydroxyl groups is 1. The molecule has 1 aliphatic rings. The maximum Gasteiger partial charge on any atom is 0.0833 e. The number of H-pyrrole nitrogens is 1. The minimum absolute atomic E-state index is 0.162. The molecule has 1 heterocycles. The fourth-order valence-electron chi connectivity index (χ4n) is 1.84. The van der Waals surface area contributed by atoms with E-state index in [1.165, 1.54) is 30.4 Å². The van der Waals surface area contributed by atoms with Gasteiger partial charge >= 0.3 is 0 Å². The van der Waals surface area contributed by atoms with Crippen LogP contribution in [0.2, 0.25) is 0 Å². The largest absolute Gasteiger partial charge is 0.390 e. The number of aromatic nitrogens is 1. The Kier molecular flexibility index (Phi) is 1.70. The Labute approximate surface area is 66.3 Å². The van der Waals surface area contributed by atoms with Crippen molar-refractivity contribution in [2.45, 2.75) is 32.3 Å². The van der Waals surface area contributed by atoms with Crippen LogP contribution in [0, 0.1) is 0 Å². The zero-order valence-electron chi connectivity index (χ0n) is 6.56. The summed E-state index contributed by atoms with van der Waals surface area (Å²) in [4.78, 5) is 3.12. The molecule has 0 fully saturated rings. The van der Waals surface area contributed by atoms with Gasteiger partial charge in [-0.25, -0.2) is 0 Å². The smallest absolute Gasteiger partial charge is 0.0833 e. The van der Waals surface area contributed by atoms with Crippen LogP contribution in [0.5, 0.6) is 0 Å². The molecule has 0 aliphatic heterocycles. The van der Waals surface area contributed by atoms with Gasteiger partial charge in [0, 0.05) is 11.9 Å². The van der Waals surface area contributed by atoms with Crippen molar-refractivity contribution in [3.63, 3.8) is 0 Å². The predicted molar refractivity (Wildman–Crippen MR) is 43.4 cm³/mol. The van der Waals surface area contributed by atoms with Crippen LogP contribution in [-0.4, -0.2) is 10.1 Å². The van der Waals surface area contributed by atoms with E-state index in [1.54, 1.807) is 0 Å². The lowest BCUT2D eigenvalue weighted by molar-refractivity contribution is 0.276. The van der Waals surface area contributed by atoms with E-state index in [2.05, 4.69) is 4.98 Å². The highest BCUT2D eigenvalue weighted by Gasteiger charge is 2.13. The molecule has 0 radical (unpaired) electrons. The molecule has 11 heavy (non-hydrogen) atoms. The maximum atomic E-state index is 8.95. The van der Waals surface area contributed by atoms with Gasteiger partial charge in [-0.2, -0.15) is 0 Å². The Morgan fingerprint density at radius 2 is 2.18 bits per heavy atom. The first-order chi connectivity index (χ1) is 5.42. The Balaban J connectivity index is 2.38. The average molecular weight is 152 g/mol. The minimum atomic E-state index is 0.162. The first-order valence-electron chi connectivity index (χ1n) is 4.20. The van der Waals surface area contributed by atoms with Crippen molar-refractivity contribution in [3.05, 3.63) is 23.0 Å². The summed E-state index contributed by atoms with van der Waals surface area (Å²) in [7, 11) is 0. The lowest BCUT2D eigenvalue weighted by Crippen LogP contribution is -2.01. The van der Waals surface area contributed by atoms with Crippen LogP contribution in [0.3, 0.4) is 0 Å². The van der Waals surface area contributed by atoms with Gasteiger partial charge in [-0.05, 0) is 36.8 Å². The summed E-state index contributed by atoms with van der Waals surface area (Å²) in [6.07, 6.45) is 6.95. The molecule has 2 N–H and O–H groups in total. The Morgan fingerprint density at radius 3 is 3.00 bits per heavy atom. The molecular formula is C9H13NO. The molecule has 2 nitrogen and oxygen atoms in total. The van der Waals surface area contributed by atoms with Gasteiger partial charge in [0.15, 0.2) is 0 Å². The summed E-state index contributed by atoms with van der Waals surface area (Å²) < 4.78 is 0. The van der Waals surface area contributed by atoms with Crippen molar-refractivity contribution in [1.82, 2.24) is 4.98 Å². The number of hydrogen-bond donors (Lipinski definition) is 2. The van der Waals surface area contributed by atoms with Gasteiger partial charge < -0.3 is 10.1 Å². The third-order valence-electron chi connectivity index (χ3n) is 2.45. The van der Waals surface area contributed by atoms with Crippen LogP contribution >= 0.6 is 0 Å². The SMILES string of the molecule is OCc1[15nH]cc2c1CCCC2. The highest BCUT2D eigenvalue weighted by molar-refractivity contribution is 5.32. The molecule has 60 valence electrons. The lowest BCUT2D eigenvalue weighted by Gasteiger charge is -2.11. The number of aryl methyl sites for hydroxylation is 1. The summed E-state index contributed by atoms with van der Waals surface area (Å²) in [5, 5.41) is 8.95. The normalized spacial score (nSPS) is 16.5. The predicted octanol–water partition coefficient (Wildman–Crippen LogP) is 1.39. The fourth-order valence-corrected chi connectivity index (χ4v) is 1.84. The van der Waals surface area contributed by atoms with E-state index in [-0.39, 0.29) is 6.61 Å². The van der Waals surface area contributed by atoms with Gasteiger partial charge in [0.1, 0.15) is 0 Å². The summed E-state index contributed by atoms with van der Waals surface area (Å²) in [5.74, 6) is 0. The van der Waals surface area contributed by atoms with Crippen molar-refractivity contribution in [3.8, 4) is 0 Å². The molecule has 2 heteroatoms. The molecule has 1 aromatic rings. The van der Waals surface area contributed by atoms with Gasteiger partial charge in [-0.1, -0.05) is 0 Å². The number of rotatable bonds is 1. The minimum Gasteiger partial charge on any atom is -0.390 e. The quantitative estimate of drug-likeness (QED) is 0.626. The Morgan fingerprint density at radius 1 is 1.36 bits per heavy atom. The highest BCUT2D eigenvalue weighted by Crippen LogP contribution is 2.23. The molecule has 0 spiro atoms. The van der Waals surface area contributed by atoms with E-state index < -0.39 is 0 Å². The van der Waals surface area contributed by atoms with Gasteiger partial charge in [0.25, 0.3) is 0 Å². The van der Waals surface area contributed by atoms with Crippen LogP contribution in [0.4, 0.5) is 0 Å². The van der Waals surface area contributed by atoms with Crippen molar-refractivity contribution < 1.29 is 5.11 Å². The van der Waals surface area contributed by atoms with Crippen molar-refractivity contribution in [2.24, 2.45) is 0 Å². The zero-order valence-corrected chi connectivity index (χ0v) is 6.56. The second-order valence-electron chi connectivity index (χ2n) is 3.14. The van der Waals surface area contributed by atoms with E-state index in [9.17, 15) is 0 Å². The Hall–Kier alpha value is -0.760. The number of hydrogen-bond acceptors (Lipinski definition) is 1. The monoisotopic (exact) mass is 152 g/mol. The molecule has 0 amide bonds. The maximum absolute atomic E-state index is 8.95. The molecule has 0 saturated heterocycles. The van der Waals surface area contributed by atoms with E-state index >= 15 is 0 Å². The first-order valence-corrected chi connectivity index (χ1v) is 4.20. The standard InChI is InChI=1S/C9H13NO/c11-6-9-8-4-2-1-3-7(8)5-10-9/h5,10-11H,1-4,6H2/i10+1. The topological polar surface area (TPSA) is 36.0 Å². The summed E-state index contributed by atoms with van der Waals surface area (Å²) in [6.45, 7) is 0.162. The summed E-state index contributed by atoms with van der Waals surface area (Å²) in [5.41, 5.74) is 3.82. The third-order valence-corrected chi connectivity index (χ3v) is 2.45. The molecule has 0 unspecified atom stereocenters. The fraction of sp³-hybridized carbons (Fsp3) is 0.556. The summed E-state index contributed by atoms with van der Waals surface area (Å²) in [6, 6.07) is 0. The number of aliphatic hydroxyl groups excluding tert-OH is 1. The second kappa shape index (κ2) is 2.70. The van der Waals surface area contributed by atoms with Crippen molar-refractivity contribution in [1.29, 1.82) is 0 Å². The van der Waals surface area contributed by atoms with E-state index in [1.807, 2.05) is 6.20 Å². The molecule has 0 bridgehead atoms. The van der Waals surface area contributed by atoms with Crippen molar-refractivity contribution in [2.75, 3.05) is 0 Å². The van der Waals surface area contributed by atoms with Crippen LogP contribution in [-0.2, 0) is 19.4 Å². The second-order valence-corrected chi connectivity index (χ2v) is 3.14. The number of fused-ring (bicyclic) bond motifs is 1. The van der Waals surface area contributed by atoms with Crippen LogP contribution < -0.4 is 0 Å². The summed E-state index contributed by atoms with van der Waals surface area (Å²) >= 11 is 0. The third kappa shape index (κ3) is 1.07. The van der Waals surface area contributed by atoms with Crippen molar-refractivity contribution >= 4 is 0 Å². The molecule has 0 atom stereocenters. The van der Waals surface area contributed by atoms with Crippen LogP contribution in [0.25, 0.3) is 0 Å². The molecule has 2 rings (SSSR count). The molecular weight excluding hydrogens is 139 g/mol. The van der Waals surface area contributed by atoms with Gasteiger partial charge in [0.05, 0.1) is 6.61 Å². The van der Waals surface area contributed by atoms with Crippen LogP contribution in [0.1, 0.15) is 29.7 Å². The molecule has 0 saturated carbocycles. The molecule has 1 aliphatic carbocycles. The van der Waals surface area contributed by atoms with E-state index in [0.29, 0.717) is 0 Å². The Bertz CT molecular complexity index is 239. The van der Waals surface area contributed by atoms with E-state index in [0.717, 1.165) is 12.1 Å². The molecule has 0 aromatic carbocycles. The first kappa shape index (κ1) is 6.92. The highest BCUT2D eigenvalue weighted by atomic mass is 16.3. The zero-order chi connectivity index (χ0) is 7.68. The van der Waals surface area contributed by atoms with E-state index in [4.69, 9.17) is 5.11 Å². The van der Waals surface area contributed by atoms with Gasteiger partial charge in [0.2, 0.25) is 0 Å².